The van der Waals surface area contributed by atoms with Crippen molar-refractivity contribution in [2.45, 2.75) is 136 Å². The Bertz CT molecular complexity index is 954. The van der Waals surface area contributed by atoms with Crippen LogP contribution < -0.4 is 10.6 Å². The van der Waals surface area contributed by atoms with Crippen LogP contribution in [0.1, 0.15) is 115 Å². The van der Waals surface area contributed by atoms with Gasteiger partial charge >= 0.3 is 6.09 Å². The van der Waals surface area contributed by atoms with Gasteiger partial charge in [0.25, 0.3) is 0 Å². The maximum absolute atomic E-state index is 14.4. The summed E-state index contributed by atoms with van der Waals surface area (Å²) >= 11 is 0. The molecule has 212 valence electrons. The fourth-order valence-corrected chi connectivity index (χ4v) is 5.69. The van der Waals surface area contributed by atoms with E-state index in [9.17, 15) is 14.4 Å². The molecule has 2 aliphatic rings. The summed E-state index contributed by atoms with van der Waals surface area (Å²) in [6, 6.07) is 4.58. The Morgan fingerprint density at radius 2 is 1.58 bits per heavy atom. The van der Waals surface area contributed by atoms with Crippen molar-refractivity contribution < 1.29 is 19.1 Å². The summed E-state index contributed by atoms with van der Waals surface area (Å²) in [6.45, 7) is 13.5. The second-order valence-electron chi connectivity index (χ2n) is 12.7. The van der Waals surface area contributed by atoms with E-state index >= 15 is 0 Å². The number of aryl methyl sites for hydroxylation is 2. The fraction of sp³-hybridized carbons (Fsp3) is 0.710. The highest BCUT2D eigenvalue weighted by Gasteiger charge is 2.43. The van der Waals surface area contributed by atoms with Gasteiger partial charge in [-0.1, -0.05) is 51.3 Å². The minimum absolute atomic E-state index is 0.0429. The van der Waals surface area contributed by atoms with Crippen LogP contribution in [0.2, 0.25) is 0 Å². The van der Waals surface area contributed by atoms with Crippen LogP contribution in [0.4, 0.5) is 4.79 Å². The summed E-state index contributed by atoms with van der Waals surface area (Å²) < 4.78 is 5.51. The molecule has 3 amide bonds. The number of ether oxygens (including phenoxy) is 1. The second kappa shape index (κ2) is 13.0. The van der Waals surface area contributed by atoms with Crippen LogP contribution in [0.15, 0.2) is 18.2 Å². The molecule has 0 spiro atoms. The van der Waals surface area contributed by atoms with Gasteiger partial charge in [-0.05, 0) is 95.8 Å². The zero-order valence-electron chi connectivity index (χ0n) is 24.6. The van der Waals surface area contributed by atoms with E-state index in [0.717, 1.165) is 61.6 Å². The topological polar surface area (TPSA) is 87.7 Å². The molecule has 2 aliphatic carbocycles. The van der Waals surface area contributed by atoms with E-state index in [1.807, 2.05) is 45.9 Å². The van der Waals surface area contributed by atoms with Crippen LogP contribution in [0.25, 0.3) is 0 Å². The lowest BCUT2D eigenvalue weighted by Crippen LogP contribution is -2.58. The van der Waals surface area contributed by atoms with Crippen molar-refractivity contribution >= 4 is 17.9 Å². The number of hydrogen-bond acceptors (Lipinski definition) is 4. The van der Waals surface area contributed by atoms with Gasteiger partial charge in [0.2, 0.25) is 11.8 Å². The van der Waals surface area contributed by atoms with Crippen LogP contribution in [0.3, 0.4) is 0 Å². The molecular weight excluding hydrogens is 478 g/mol. The highest BCUT2D eigenvalue weighted by atomic mass is 16.6. The van der Waals surface area contributed by atoms with E-state index in [1.165, 1.54) is 6.42 Å². The molecule has 7 nitrogen and oxygen atoms in total. The van der Waals surface area contributed by atoms with Gasteiger partial charge in [0.15, 0.2) is 0 Å². The molecule has 2 N–H and O–H groups in total. The Hall–Kier alpha value is -2.57. The molecule has 0 heterocycles. The molecule has 7 heteroatoms. The summed E-state index contributed by atoms with van der Waals surface area (Å²) in [6.07, 6.45) is 7.94. The van der Waals surface area contributed by atoms with Gasteiger partial charge in [0.1, 0.15) is 17.7 Å². The molecule has 3 rings (SSSR count). The third kappa shape index (κ3) is 7.97. The van der Waals surface area contributed by atoms with E-state index < -0.39 is 23.8 Å². The molecule has 0 bridgehead atoms. The lowest BCUT2D eigenvalue weighted by Gasteiger charge is -2.44. The molecule has 2 unspecified atom stereocenters. The van der Waals surface area contributed by atoms with E-state index in [1.54, 1.807) is 25.7 Å². The van der Waals surface area contributed by atoms with Crippen LogP contribution in [0.5, 0.6) is 0 Å². The minimum atomic E-state index is -0.778. The normalized spacial score (nSPS) is 18.3. The zero-order valence-corrected chi connectivity index (χ0v) is 24.6. The monoisotopic (exact) mass is 527 g/mol. The summed E-state index contributed by atoms with van der Waals surface area (Å²) in [5.74, 6) is -0.160. The molecule has 0 saturated heterocycles. The predicted octanol–water partition coefficient (Wildman–Crippen LogP) is 6.11. The van der Waals surface area contributed by atoms with Crippen LogP contribution in [-0.2, 0) is 14.3 Å². The molecule has 38 heavy (non-hydrogen) atoms. The number of nitrogens with one attached hydrogen (secondary N) is 2. The Balaban J connectivity index is 2.01. The van der Waals surface area contributed by atoms with Gasteiger partial charge in [-0.3, -0.25) is 9.59 Å². The first-order chi connectivity index (χ1) is 17.9. The third-order valence-electron chi connectivity index (χ3n) is 7.71. The van der Waals surface area contributed by atoms with Gasteiger partial charge in [-0.2, -0.15) is 0 Å². The van der Waals surface area contributed by atoms with E-state index in [-0.39, 0.29) is 29.8 Å². The first-order valence-electron chi connectivity index (χ1n) is 14.6. The van der Waals surface area contributed by atoms with Gasteiger partial charge in [-0.15, -0.1) is 0 Å². The number of benzene rings is 1. The van der Waals surface area contributed by atoms with Gasteiger partial charge in [0.05, 0.1) is 0 Å². The molecule has 0 aliphatic heterocycles. The van der Waals surface area contributed by atoms with E-state index in [0.29, 0.717) is 6.42 Å². The minimum Gasteiger partial charge on any atom is -0.444 e. The Morgan fingerprint density at radius 1 is 0.974 bits per heavy atom. The first-order valence-corrected chi connectivity index (χ1v) is 14.6. The lowest BCUT2D eigenvalue weighted by atomic mass is 9.85. The summed E-state index contributed by atoms with van der Waals surface area (Å²) in [5, 5.41) is 6.18. The second-order valence-corrected chi connectivity index (χ2v) is 12.7. The summed E-state index contributed by atoms with van der Waals surface area (Å²) in [7, 11) is 0. The van der Waals surface area contributed by atoms with E-state index in [4.69, 9.17) is 4.74 Å². The zero-order chi connectivity index (χ0) is 28.0. The van der Waals surface area contributed by atoms with Crippen molar-refractivity contribution in [2.75, 3.05) is 0 Å². The van der Waals surface area contributed by atoms with Crippen molar-refractivity contribution in [3.63, 3.8) is 0 Å². The molecular formula is C31H49N3O4. The van der Waals surface area contributed by atoms with Crippen molar-refractivity contribution in [1.29, 1.82) is 0 Å². The van der Waals surface area contributed by atoms with Crippen molar-refractivity contribution in [1.82, 2.24) is 15.5 Å². The number of carbonyl (C=O) groups excluding carboxylic acids is 3. The number of nitrogens with zero attached hydrogens (tertiary/aromatic N) is 1. The largest absolute Gasteiger partial charge is 0.444 e. The first kappa shape index (κ1) is 30.0. The SMILES string of the molecule is Cc1cccc(C)c1C(C(=O)NC1CCCCC1)N(C(=O)C(CC(C)C)NC(=O)OC(C)(C)C)C1CCC1. The maximum atomic E-state index is 14.4. The summed E-state index contributed by atoms with van der Waals surface area (Å²) in [5.41, 5.74) is 2.20. The number of hydrogen-bond donors (Lipinski definition) is 2. The van der Waals surface area contributed by atoms with Crippen molar-refractivity contribution in [2.24, 2.45) is 5.92 Å². The van der Waals surface area contributed by atoms with Crippen LogP contribution >= 0.6 is 0 Å². The molecule has 2 fully saturated rings. The van der Waals surface area contributed by atoms with Crippen molar-refractivity contribution in [3.05, 3.63) is 34.9 Å². The Kier molecular flexibility index (Phi) is 10.2. The number of rotatable bonds is 9. The molecule has 1 aromatic rings. The highest BCUT2D eigenvalue weighted by molar-refractivity contribution is 5.93. The Labute approximate surface area is 229 Å². The molecule has 2 atom stereocenters. The molecule has 2 saturated carbocycles. The average Bonchev–Trinajstić information content (AvgIpc) is 2.77. The quantitative estimate of drug-likeness (QED) is 0.405. The van der Waals surface area contributed by atoms with Gasteiger partial charge < -0.3 is 20.3 Å². The molecule has 0 aromatic heterocycles. The van der Waals surface area contributed by atoms with Crippen molar-refractivity contribution in [3.8, 4) is 0 Å². The van der Waals surface area contributed by atoms with E-state index in [2.05, 4.69) is 10.6 Å². The van der Waals surface area contributed by atoms with Crippen LogP contribution in [0, 0.1) is 19.8 Å². The predicted molar refractivity (Wildman–Crippen MR) is 151 cm³/mol. The number of carbonyl (C=O) groups is 3. The number of alkyl carbamates (subject to hydrolysis) is 1. The average molecular weight is 528 g/mol. The number of amides is 3. The fourth-order valence-electron chi connectivity index (χ4n) is 5.69. The van der Waals surface area contributed by atoms with Gasteiger partial charge in [-0.25, -0.2) is 4.79 Å². The lowest BCUT2D eigenvalue weighted by molar-refractivity contribution is -0.148. The van der Waals surface area contributed by atoms with Gasteiger partial charge in [0, 0.05) is 12.1 Å². The smallest absolute Gasteiger partial charge is 0.408 e. The maximum Gasteiger partial charge on any atom is 0.408 e. The van der Waals surface area contributed by atoms with Crippen LogP contribution in [-0.4, -0.2) is 46.5 Å². The Morgan fingerprint density at radius 3 is 2.08 bits per heavy atom. The highest BCUT2D eigenvalue weighted by Crippen LogP contribution is 2.37. The summed E-state index contributed by atoms with van der Waals surface area (Å²) in [4.78, 5) is 43.2. The molecule has 0 radical (unpaired) electrons. The standard InChI is InChI=1S/C31H49N3O4/c1-20(2)19-25(33-30(37)38-31(5,6)7)29(36)34(24-17-12-18-24)27(26-21(3)13-11-14-22(26)4)28(35)32-23-15-9-8-10-16-23/h11,13-14,20,23-25,27H,8-10,12,15-19H2,1-7H3,(H,32,35)(H,33,37). The molecule has 1 aromatic carbocycles. The third-order valence-corrected chi connectivity index (χ3v) is 7.71.